The maximum absolute atomic E-state index is 13.2. The highest BCUT2D eigenvalue weighted by Crippen LogP contribution is 2.37. The number of methoxy groups -OCH3 is 3. The molecule has 0 amide bonds. The Kier molecular flexibility index (Phi) is 12.5. The summed E-state index contributed by atoms with van der Waals surface area (Å²) in [5.41, 5.74) is 1.05. The number of benzene rings is 1. The van der Waals surface area contributed by atoms with Crippen LogP contribution in [0.5, 0.6) is 5.75 Å². The van der Waals surface area contributed by atoms with E-state index in [2.05, 4.69) is 0 Å². The molecule has 0 unspecified atom stereocenters. The molecule has 0 aliphatic heterocycles. The second kappa shape index (κ2) is 15.3. The Balaban J connectivity index is 2.71. The maximum atomic E-state index is 13.2. The fourth-order valence-electron chi connectivity index (χ4n) is 4.64. The van der Waals surface area contributed by atoms with Gasteiger partial charge in [-0.15, -0.1) is 0 Å². The van der Waals surface area contributed by atoms with Crippen LogP contribution in [0.4, 0.5) is 0 Å². The average molecular weight is 535 g/mol. The van der Waals surface area contributed by atoms with Gasteiger partial charge in [0.1, 0.15) is 11.9 Å². The first-order chi connectivity index (χ1) is 18.2. The normalized spacial score (nSPS) is 25.1. The smallest absolute Gasteiger partial charge is 0.334 e. The Hall–Kier alpha value is -3.21. The fraction of sp³-hybridized carbons (Fsp3) is 0.536. The van der Waals surface area contributed by atoms with Gasteiger partial charge in [-0.05, 0) is 29.7 Å². The van der Waals surface area contributed by atoms with Gasteiger partial charge in [-0.3, -0.25) is 4.79 Å². The minimum Gasteiger partial charge on any atom is -0.497 e. The molecule has 1 aromatic rings. The van der Waals surface area contributed by atoms with Crippen LogP contribution < -0.4 is 4.74 Å². The number of hydrogen-bond acceptors (Lipinski definition) is 10. The molecule has 0 heterocycles. The van der Waals surface area contributed by atoms with Crippen LogP contribution in [0.25, 0.3) is 0 Å². The van der Waals surface area contributed by atoms with Crippen LogP contribution in [0.1, 0.15) is 45.1 Å². The highest BCUT2D eigenvalue weighted by molar-refractivity contribution is 6.01. The molecule has 10 heteroatoms. The molecule has 38 heavy (non-hydrogen) atoms. The van der Waals surface area contributed by atoms with Gasteiger partial charge in [0.15, 0.2) is 0 Å². The van der Waals surface area contributed by atoms with E-state index in [1.165, 1.54) is 27.2 Å². The number of carbonyl (C=O) groups excluding carboxylic acids is 3. The summed E-state index contributed by atoms with van der Waals surface area (Å²) in [5, 5.41) is 20.8. The standard InChI is InChI=1S/C28H38O10/c1-6-7-21-25(28(33)36-5)22(27(32)35-4)14-19(12-13-29)23(31)15-24(26(21)38-17(2)30)37-16-18-8-10-20(34-3)11-9-18/h8-12,21,23-24,26,29,31H,6-7,13-16H2,1-5H3/b19-12-,25-22-/t21-,23-,24-,26-/m1/s1. The molecule has 0 radical (unpaired) electrons. The highest BCUT2D eigenvalue weighted by atomic mass is 16.6. The highest BCUT2D eigenvalue weighted by Gasteiger charge is 2.43. The van der Waals surface area contributed by atoms with Crippen LogP contribution in [0, 0.1) is 5.92 Å². The lowest BCUT2D eigenvalue weighted by Crippen LogP contribution is -2.43. The summed E-state index contributed by atoms with van der Waals surface area (Å²) in [5.74, 6) is -2.31. The Morgan fingerprint density at radius 1 is 1.05 bits per heavy atom. The van der Waals surface area contributed by atoms with Crippen molar-refractivity contribution in [3.8, 4) is 5.75 Å². The van der Waals surface area contributed by atoms with Crippen molar-refractivity contribution in [2.24, 2.45) is 5.92 Å². The van der Waals surface area contributed by atoms with Gasteiger partial charge in [-0.25, -0.2) is 9.59 Å². The molecular formula is C28H38O10. The molecule has 1 aromatic carbocycles. The lowest BCUT2D eigenvalue weighted by Gasteiger charge is -2.34. The number of aliphatic hydroxyl groups is 2. The largest absolute Gasteiger partial charge is 0.497 e. The average Bonchev–Trinajstić information content (AvgIpc) is 2.95. The molecule has 0 saturated heterocycles. The quantitative estimate of drug-likeness (QED) is 0.262. The third-order valence-corrected chi connectivity index (χ3v) is 6.44. The summed E-state index contributed by atoms with van der Waals surface area (Å²) < 4.78 is 27.2. The van der Waals surface area contributed by atoms with E-state index in [0.29, 0.717) is 24.2 Å². The van der Waals surface area contributed by atoms with Crippen LogP contribution in [0.2, 0.25) is 0 Å². The van der Waals surface area contributed by atoms with Gasteiger partial charge in [-0.1, -0.05) is 31.6 Å². The third kappa shape index (κ3) is 8.14. The number of ether oxygens (including phenoxy) is 5. The zero-order valence-corrected chi connectivity index (χ0v) is 22.6. The van der Waals surface area contributed by atoms with Gasteiger partial charge >= 0.3 is 17.9 Å². The third-order valence-electron chi connectivity index (χ3n) is 6.44. The summed E-state index contributed by atoms with van der Waals surface area (Å²) in [6, 6.07) is 7.20. The van der Waals surface area contributed by atoms with Crippen molar-refractivity contribution < 1.29 is 48.3 Å². The lowest BCUT2D eigenvalue weighted by atomic mass is 9.82. The first-order valence-electron chi connectivity index (χ1n) is 12.5. The molecule has 0 bridgehead atoms. The molecule has 2 N–H and O–H groups in total. The van der Waals surface area contributed by atoms with E-state index in [9.17, 15) is 24.6 Å². The summed E-state index contributed by atoms with van der Waals surface area (Å²) in [4.78, 5) is 38.4. The molecule has 0 aromatic heterocycles. The van der Waals surface area contributed by atoms with Gasteiger partial charge in [-0.2, -0.15) is 0 Å². The van der Waals surface area contributed by atoms with Gasteiger partial charge in [0, 0.05) is 25.7 Å². The van der Waals surface area contributed by atoms with Gasteiger partial charge in [0.2, 0.25) is 0 Å². The fourth-order valence-corrected chi connectivity index (χ4v) is 4.64. The van der Waals surface area contributed by atoms with Crippen molar-refractivity contribution in [1.29, 1.82) is 0 Å². The van der Waals surface area contributed by atoms with Crippen molar-refractivity contribution in [3.63, 3.8) is 0 Å². The van der Waals surface area contributed by atoms with Crippen molar-refractivity contribution in [1.82, 2.24) is 0 Å². The van der Waals surface area contributed by atoms with Crippen LogP contribution in [-0.4, -0.2) is 74.4 Å². The number of hydrogen-bond donors (Lipinski definition) is 2. The number of esters is 3. The minimum atomic E-state index is -1.18. The zero-order chi connectivity index (χ0) is 28.2. The molecule has 10 nitrogen and oxygen atoms in total. The van der Waals surface area contributed by atoms with Crippen LogP contribution >= 0.6 is 0 Å². The Bertz CT molecular complexity index is 1010. The van der Waals surface area contributed by atoms with E-state index < -0.39 is 48.7 Å². The maximum Gasteiger partial charge on any atom is 0.334 e. The Labute approximate surface area is 223 Å². The lowest BCUT2D eigenvalue weighted by molar-refractivity contribution is -0.163. The molecule has 1 aliphatic carbocycles. The van der Waals surface area contributed by atoms with Gasteiger partial charge in [0.25, 0.3) is 0 Å². The topological polar surface area (TPSA) is 138 Å². The second-order valence-electron chi connectivity index (χ2n) is 8.93. The molecule has 0 saturated carbocycles. The van der Waals surface area contributed by atoms with E-state index in [0.717, 1.165) is 5.56 Å². The first kappa shape index (κ1) is 31.0. The molecule has 0 fully saturated rings. The molecule has 210 valence electrons. The van der Waals surface area contributed by atoms with E-state index in [1.54, 1.807) is 19.2 Å². The van der Waals surface area contributed by atoms with Crippen molar-refractivity contribution >= 4 is 17.9 Å². The molecule has 2 rings (SSSR count). The minimum absolute atomic E-state index is 0.0107. The molecular weight excluding hydrogens is 496 g/mol. The van der Waals surface area contributed by atoms with E-state index >= 15 is 0 Å². The second-order valence-corrected chi connectivity index (χ2v) is 8.93. The Morgan fingerprint density at radius 2 is 1.71 bits per heavy atom. The SMILES string of the molecule is CCC[C@@H]1/C(C(=O)OC)=C(/C(=O)OC)C/C(=C/CO)[C@H](O)C[C@@H](OCc2ccc(OC)cc2)[C@@H]1OC(C)=O. The summed E-state index contributed by atoms with van der Waals surface area (Å²) in [6.07, 6.45) is -0.997. The van der Waals surface area contributed by atoms with Crippen molar-refractivity contribution in [3.05, 3.63) is 52.6 Å². The predicted octanol–water partition coefficient (Wildman–Crippen LogP) is 2.64. The van der Waals surface area contributed by atoms with E-state index in [1.807, 2.05) is 19.1 Å². The number of aliphatic hydroxyl groups excluding tert-OH is 2. The number of rotatable bonds is 10. The summed E-state index contributed by atoms with van der Waals surface area (Å²) in [7, 11) is 3.94. The monoisotopic (exact) mass is 534 g/mol. The molecule has 1 aliphatic rings. The van der Waals surface area contributed by atoms with Crippen LogP contribution in [0.15, 0.2) is 47.1 Å². The predicted molar refractivity (Wildman–Crippen MR) is 137 cm³/mol. The van der Waals surface area contributed by atoms with Crippen LogP contribution in [0.3, 0.4) is 0 Å². The van der Waals surface area contributed by atoms with E-state index in [-0.39, 0.29) is 30.6 Å². The molecule has 0 spiro atoms. The van der Waals surface area contributed by atoms with Crippen molar-refractivity contribution in [2.75, 3.05) is 27.9 Å². The number of carbonyl (C=O) groups is 3. The van der Waals surface area contributed by atoms with Crippen molar-refractivity contribution in [2.45, 2.75) is 64.4 Å². The summed E-state index contributed by atoms with van der Waals surface area (Å²) >= 11 is 0. The Morgan fingerprint density at radius 3 is 2.24 bits per heavy atom. The van der Waals surface area contributed by atoms with Gasteiger partial charge < -0.3 is 33.9 Å². The van der Waals surface area contributed by atoms with Gasteiger partial charge in [0.05, 0.1) is 57.9 Å². The van der Waals surface area contributed by atoms with E-state index in [4.69, 9.17) is 23.7 Å². The first-order valence-corrected chi connectivity index (χ1v) is 12.5. The van der Waals surface area contributed by atoms with Crippen LogP contribution in [-0.2, 0) is 39.9 Å². The zero-order valence-electron chi connectivity index (χ0n) is 22.6. The summed E-state index contributed by atoms with van der Waals surface area (Å²) in [6.45, 7) is 2.84. The molecule has 4 atom stereocenters.